The topological polar surface area (TPSA) is 77.2 Å². The van der Waals surface area contributed by atoms with Crippen molar-refractivity contribution in [1.29, 1.82) is 0 Å². The Hall–Kier alpha value is -3.74. The van der Waals surface area contributed by atoms with E-state index >= 15 is 0 Å². The second-order valence-electron chi connectivity index (χ2n) is 8.27. The number of anilines is 1. The maximum Gasteiger partial charge on any atom is 0.258 e. The first-order valence-corrected chi connectivity index (χ1v) is 11.4. The molecule has 7 heteroatoms. The summed E-state index contributed by atoms with van der Waals surface area (Å²) in [5.41, 5.74) is 3.05. The SMILES string of the molecule is COc1cccc(-c2nc(C(Cc3cccnc3N3CCCCC3)c3cccnc3)no2)c1. The van der Waals surface area contributed by atoms with Crippen LogP contribution in [0, 0.1) is 0 Å². The van der Waals surface area contributed by atoms with Crippen molar-refractivity contribution in [3.63, 3.8) is 0 Å². The monoisotopic (exact) mass is 441 g/mol. The summed E-state index contributed by atoms with van der Waals surface area (Å²) in [4.78, 5) is 16.3. The molecular formula is C26H27N5O2. The summed E-state index contributed by atoms with van der Waals surface area (Å²) in [7, 11) is 1.64. The molecule has 0 radical (unpaired) electrons. The Morgan fingerprint density at radius 3 is 2.73 bits per heavy atom. The fraction of sp³-hybridized carbons (Fsp3) is 0.308. The number of piperidine rings is 1. The molecule has 0 saturated carbocycles. The van der Waals surface area contributed by atoms with Crippen LogP contribution in [0.25, 0.3) is 11.5 Å². The van der Waals surface area contributed by atoms with Crippen LogP contribution in [0.2, 0.25) is 0 Å². The van der Waals surface area contributed by atoms with E-state index in [-0.39, 0.29) is 5.92 Å². The Morgan fingerprint density at radius 2 is 1.91 bits per heavy atom. The zero-order chi connectivity index (χ0) is 22.5. The summed E-state index contributed by atoms with van der Waals surface area (Å²) >= 11 is 0. The number of rotatable bonds is 7. The number of hydrogen-bond acceptors (Lipinski definition) is 7. The van der Waals surface area contributed by atoms with Crippen LogP contribution >= 0.6 is 0 Å². The highest BCUT2D eigenvalue weighted by Gasteiger charge is 2.25. The van der Waals surface area contributed by atoms with Gasteiger partial charge >= 0.3 is 0 Å². The van der Waals surface area contributed by atoms with E-state index in [4.69, 9.17) is 19.2 Å². The number of hydrogen-bond donors (Lipinski definition) is 0. The van der Waals surface area contributed by atoms with Crippen molar-refractivity contribution in [2.75, 3.05) is 25.1 Å². The molecule has 1 fully saturated rings. The highest BCUT2D eigenvalue weighted by molar-refractivity contribution is 5.56. The maximum absolute atomic E-state index is 5.67. The Labute approximate surface area is 193 Å². The van der Waals surface area contributed by atoms with E-state index in [1.54, 1.807) is 13.3 Å². The van der Waals surface area contributed by atoms with Gasteiger partial charge in [-0.15, -0.1) is 0 Å². The molecule has 1 saturated heterocycles. The van der Waals surface area contributed by atoms with Gasteiger partial charge in [0.1, 0.15) is 11.6 Å². The molecule has 5 rings (SSSR count). The predicted molar refractivity (Wildman–Crippen MR) is 126 cm³/mol. The van der Waals surface area contributed by atoms with Crippen LogP contribution in [0.5, 0.6) is 5.75 Å². The number of aromatic nitrogens is 4. The van der Waals surface area contributed by atoms with Gasteiger partial charge in [-0.3, -0.25) is 4.98 Å². The van der Waals surface area contributed by atoms with Crippen molar-refractivity contribution in [2.24, 2.45) is 0 Å². The van der Waals surface area contributed by atoms with Gasteiger partial charge in [0.25, 0.3) is 5.89 Å². The van der Waals surface area contributed by atoms with Crippen molar-refractivity contribution < 1.29 is 9.26 Å². The number of ether oxygens (including phenoxy) is 1. The van der Waals surface area contributed by atoms with E-state index < -0.39 is 0 Å². The van der Waals surface area contributed by atoms with E-state index in [0.29, 0.717) is 18.1 Å². The smallest absolute Gasteiger partial charge is 0.258 e. The van der Waals surface area contributed by atoms with Crippen LogP contribution in [-0.2, 0) is 6.42 Å². The van der Waals surface area contributed by atoms with E-state index in [0.717, 1.165) is 35.8 Å². The average molecular weight is 442 g/mol. The van der Waals surface area contributed by atoms with Crippen LogP contribution in [0.4, 0.5) is 5.82 Å². The van der Waals surface area contributed by atoms with Gasteiger partial charge < -0.3 is 14.2 Å². The molecular weight excluding hydrogens is 414 g/mol. The van der Waals surface area contributed by atoms with Gasteiger partial charge in [0.2, 0.25) is 0 Å². The first kappa shape index (κ1) is 21.1. The minimum atomic E-state index is -0.102. The third-order valence-corrected chi connectivity index (χ3v) is 6.10. The summed E-state index contributed by atoms with van der Waals surface area (Å²) in [6.45, 7) is 2.09. The third kappa shape index (κ3) is 4.72. The van der Waals surface area contributed by atoms with Crippen molar-refractivity contribution >= 4 is 5.82 Å². The molecule has 33 heavy (non-hydrogen) atoms. The summed E-state index contributed by atoms with van der Waals surface area (Å²) in [6.07, 6.45) is 9.94. The number of benzene rings is 1. The zero-order valence-electron chi connectivity index (χ0n) is 18.7. The Kier molecular flexibility index (Phi) is 6.28. The van der Waals surface area contributed by atoms with Gasteiger partial charge in [-0.1, -0.05) is 23.4 Å². The molecule has 1 aliphatic heterocycles. The van der Waals surface area contributed by atoms with Gasteiger partial charge in [-0.25, -0.2) is 4.98 Å². The fourth-order valence-corrected chi connectivity index (χ4v) is 4.39. The molecule has 3 aromatic heterocycles. The van der Waals surface area contributed by atoms with Gasteiger partial charge in [0.15, 0.2) is 5.82 Å². The van der Waals surface area contributed by atoms with Crippen LogP contribution in [0.1, 0.15) is 42.1 Å². The van der Waals surface area contributed by atoms with E-state index in [2.05, 4.69) is 27.2 Å². The number of methoxy groups -OCH3 is 1. The van der Waals surface area contributed by atoms with Gasteiger partial charge in [0.05, 0.1) is 13.0 Å². The molecule has 0 spiro atoms. The molecule has 1 aliphatic rings. The number of nitrogens with zero attached hydrogens (tertiary/aromatic N) is 5. The van der Waals surface area contributed by atoms with Crippen LogP contribution in [0.15, 0.2) is 71.6 Å². The Morgan fingerprint density at radius 1 is 1.03 bits per heavy atom. The largest absolute Gasteiger partial charge is 0.497 e. The van der Waals surface area contributed by atoms with Crippen molar-refractivity contribution in [2.45, 2.75) is 31.6 Å². The lowest BCUT2D eigenvalue weighted by Gasteiger charge is -2.30. The quantitative estimate of drug-likeness (QED) is 0.404. The summed E-state index contributed by atoms with van der Waals surface area (Å²) in [5, 5.41) is 4.37. The molecule has 0 N–H and O–H groups in total. The maximum atomic E-state index is 5.67. The van der Waals surface area contributed by atoms with Crippen LogP contribution in [0.3, 0.4) is 0 Å². The van der Waals surface area contributed by atoms with Crippen molar-refractivity contribution in [1.82, 2.24) is 20.1 Å². The van der Waals surface area contributed by atoms with Crippen LogP contribution < -0.4 is 9.64 Å². The predicted octanol–water partition coefficient (Wildman–Crippen LogP) is 4.90. The molecule has 4 heterocycles. The highest BCUT2D eigenvalue weighted by Crippen LogP contribution is 2.32. The molecule has 0 bridgehead atoms. The number of pyridine rings is 2. The Balaban J connectivity index is 1.49. The second-order valence-corrected chi connectivity index (χ2v) is 8.27. The fourth-order valence-electron chi connectivity index (χ4n) is 4.39. The first-order valence-electron chi connectivity index (χ1n) is 11.4. The summed E-state index contributed by atoms with van der Waals surface area (Å²) in [5.74, 6) is 2.81. The Bertz CT molecular complexity index is 1190. The molecule has 1 atom stereocenters. The standard InChI is InChI=1S/C26H27N5O2/c1-32-22-11-5-8-20(16-22)26-29-24(30-33-26)23(21-10-6-12-27-18-21)17-19-9-7-13-28-25(19)31-14-3-2-4-15-31/h5-13,16,18,23H,2-4,14-15,17H2,1H3. The van der Waals surface area contributed by atoms with Gasteiger partial charge in [-0.2, -0.15) is 4.98 Å². The normalized spacial score (nSPS) is 14.8. The van der Waals surface area contributed by atoms with E-state index in [1.807, 2.05) is 48.8 Å². The van der Waals surface area contributed by atoms with Gasteiger partial charge in [-0.05, 0) is 67.1 Å². The minimum absolute atomic E-state index is 0.102. The third-order valence-electron chi connectivity index (χ3n) is 6.10. The van der Waals surface area contributed by atoms with E-state index in [9.17, 15) is 0 Å². The lowest BCUT2D eigenvalue weighted by atomic mass is 9.92. The summed E-state index contributed by atoms with van der Waals surface area (Å²) < 4.78 is 11.0. The second kappa shape index (κ2) is 9.81. The minimum Gasteiger partial charge on any atom is -0.497 e. The first-order chi connectivity index (χ1) is 16.3. The molecule has 7 nitrogen and oxygen atoms in total. The molecule has 0 aliphatic carbocycles. The van der Waals surface area contributed by atoms with Crippen molar-refractivity contribution in [3.8, 4) is 17.2 Å². The van der Waals surface area contributed by atoms with Crippen LogP contribution in [-0.4, -0.2) is 40.3 Å². The summed E-state index contributed by atoms with van der Waals surface area (Å²) in [6, 6.07) is 15.8. The van der Waals surface area contributed by atoms with Crippen molar-refractivity contribution in [3.05, 3.63) is 84.1 Å². The molecule has 1 unspecified atom stereocenters. The van der Waals surface area contributed by atoms with Gasteiger partial charge in [0, 0.05) is 37.2 Å². The molecule has 0 amide bonds. The van der Waals surface area contributed by atoms with E-state index in [1.165, 1.54) is 24.8 Å². The lowest BCUT2D eigenvalue weighted by Crippen LogP contribution is -2.31. The highest BCUT2D eigenvalue weighted by atomic mass is 16.5. The molecule has 1 aromatic carbocycles. The average Bonchev–Trinajstić information content (AvgIpc) is 3.39. The zero-order valence-corrected chi connectivity index (χ0v) is 18.7. The molecule has 4 aromatic rings. The molecule has 168 valence electrons. The lowest BCUT2D eigenvalue weighted by molar-refractivity contribution is 0.411.